The Morgan fingerprint density at radius 1 is 1.09 bits per heavy atom. The van der Waals surface area contributed by atoms with Crippen molar-refractivity contribution in [3.63, 3.8) is 0 Å². The third kappa shape index (κ3) is 5.24. The lowest BCUT2D eigenvalue weighted by Crippen LogP contribution is -2.46. The van der Waals surface area contributed by atoms with Crippen molar-refractivity contribution in [2.24, 2.45) is 0 Å². The Balaban J connectivity index is 1.53. The van der Waals surface area contributed by atoms with Crippen molar-refractivity contribution in [1.29, 1.82) is 0 Å². The Hall–Kier alpha value is -2.81. The van der Waals surface area contributed by atoms with Crippen LogP contribution in [-0.4, -0.2) is 62.7 Å². The highest BCUT2D eigenvalue weighted by atomic mass is 35.5. The summed E-state index contributed by atoms with van der Waals surface area (Å²) < 4.78 is 10.7. The number of ether oxygens (including phenoxy) is 2. The van der Waals surface area contributed by atoms with Crippen molar-refractivity contribution in [2.45, 2.75) is 6.92 Å². The SMILES string of the molecule is CCN1CCN(c2ccc(Cl)cc2NC(=O)c2csc(-c3ccc(OC)c(OC)c3)n2)CC1. The maximum atomic E-state index is 13.0. The first-order chi connectivity index (χ1) is 16.0. The normalized spacial score (nSPS) is 14.2. The molecule has 4 rings (SSSR count). The van der Waals surface area contributed by atoms with Crippen LogP contribution in [-0.2, 0) is 0 Å². The number of nitrogens with zero attached hydrogens (tertiary/aromatic N) is 3. The number of thiazole rings is 1. The molecule has 33 heavy (non-hydrogen) atoms. The van der Waals surface area contributed by atoms with Crippen molar-refractivity contribution in [3.8, 4) is 22.1 Å². The van der Waals surface area contributed by atoms with Gasteiger partial charge in [0.15, 0.2) is 11.5 Å². The van der Waals surface area contributed by atoms with Crippen LogP contribution in [0, 0.1) is 0 Å². The van der Waals surface area contributed by atoms with Gasteiger partial charge >= 0.3 is 0 Å². The van der Waals surface area contributed by atoms with Gasteiger partial charge in [-0.1, -0.05) is 18.5 Å². The standard InChI is InChI=1S/C24H27ClN4O3S/c1-4-28-9-11-29(12-10-28)20-7-6-17(25)14-18(20)26-23(30)19-15-33-24(27-19)16-5-8-21(31-2)22(13-16)32-3/h5-8,13-15H,4,9-12H2,1-3H3,(H,26,30). The molecule has 1 aliphatic heterocycles. The van der Waals surface area contributed by atoms with Gasteiger partial charge in [-0.15, -0.1) is 11.3 Å². The van der Waals surface area contributed by atoms with Gasteiger partial charge in [0.2, 0.25) is 0 Å². The third-order valence-corrected chi connectivity index (χ3v) is 6.86. The van der Waals surface area contributed by atoms with Gasteiger partial charge in [0.25, 0.3) is 5.91 Å². The van der Waals surface area contributed by atoms with E-state index >= 15 is 0 Å². The number of anilines is 2. The van der Waals surface area contributed by atoms with Crippen LogP contribution in [0.1, 0.15) is 17.4 Å². The highest BCUT2D eigenvalue weighted by molar-refractivity contribution is 7.13. The number of likely N-dealkylation sites (N-methyl/N-ethyl adjacent to an activating group) is 1. The first kappa shape index (κ1) is 23.4. The van der Waals surface area contributed by atoms with Gasteiger partial charge in [0, 0.05) is 42.1 Å². The minimum absolute atomic E-state index is 0.270. The fourth-order valence-corrected chi connectivity index (χ4v) is 4.82. The third-order valence-electron chi connectivity index (χ3n) is 5.73. The van der Waals surface area contributed by atoms with Gasteiger partial charge in [0.05, 0.1) is 25.6 Å². The second kappa shape index (κ2) is 10.4. The van der Waals surface area contributed by atoms with E-state index in [1.807, 2.05) is 30.3 Å². The molecule has 0 atom stereocenters. The Morgan fingerprint density at radius 3 is 2.55 bits per heavy atom. The summed E-state index contributed by atoms with van der Waals surface area (Å²) in [6.07, 6.45) is 0. The lowest BCUT2D eigenvalue weighted by molar-refractivity contribution is 0.102. The molecule has 174 valence electrons. The fourth-order valence-electron chi connectivity index (χ4n) is 3.86. The van der Waals surface area contributed by atoms with E-state index in [0.29, 0.717) is 27.9 Å². The van der Waals surface area contributed by atoms with Crippen molar-refractivity contribution in [1.82, 2.24) is 9.88 Å². The first-order valence-corrected chi connectivity index (χ1v) is 12.0. The summed E-state index contributed by atoms with van der Waals surface area (Å²) in [5.41, 5.74) is 2.87. The second-order valence-corrected chi connectivity index (χ2v) is 8.94. The number of rotatable bonds is 7. The molecular formula is C24H27ClN4O3S. The van der Waals surface area contributed by atoms with Crippen LogP contribution >= 0.6 is 22.9 Å². The predicted octanol–water partition coefficient (Wildman–Crippen LogP) is 4.87. The van der Waals surface area contributed by atoms with Crippen molar-refractivity contribution >= 4 is 40.2 Å². The minimum atomic E-state index is -0.270. The molecule has 1 N–H and O–H groups in total. The molecule has 2 aromatic carbocycles. The van der Waals surface area contributed by atoms with Crippen LogP contribution in [0.5, 0.6) is 11.5 Å². The molecular weight excluding hydrogens is 460 g/mol. The number of carbonyl (C=O) groups excluding carboxylic acids is 1. The number of carbonyl (C=O) groups is 1. The molecule has 0 unspecified atom stereocenters. The van der Waals surface area contributed by atoms with Crippen molar-refractivity contribution in [2.75, 3.05) is 57.2 Å². The quantitative estimate of drug-likeness (QED) is 0.513. The molecule has 0 saturated carbocycles. The Bertz CT molecular complexity index is 1130. The Kier molecular flexibility index (Phi) is 7.37. The summed E-state index contributed by atoms with van der Waals surface area (Å²) in [5.74, 6) is 0.987. The van der Waals surface area contributed by atoms with E-state index in [1.54, 1.807) is 25.7 Å². The molecule has 1 aliphatic rings. The first-order valence-electron chi connectivity index (χ1n) is 10.8. The van der Waals surface area contributed by atoms with Gasteiger partial charge in [-0.05, 0) is 42.9 Å². The number of nitrogens with one attached hydrogen (secondary N) is 1. The van der Waals surface area contributed by atoms with Crippen LogP contribution in [0.4, 0.5) is 11.4 Å². The van der Waals surface area contributed by atoms with E-state index in [1.165, 1.54) is 11.3 Å². The zero-order valence-corrected chi connectivity index (χ0v) is 20.5. The molecule has 2 heterocycles. The van der Waals surface area contributed by atoms with Gasteiger partial charge in [-0.3, -0.25) is 4.79 Å². The lowest BCUT2D eigenvalue weighted by atomic mass is 10.2. The number of aromatic nitrogens is 1. The molecule has 9 heteroatoms. The average Bonchev–Trinajstić information content (AvgIpc) is 3.34. The molecule has 1 amide bonds. The van der Waals surface area contributed by atoms with Crippen LogP contribution in [0.25, 0.3) is 10.6 Å². The number of methoxy groups -OCH3 is 2. The Morgan fingerprint density at radius 2 is 1.85 bits per heavy atom. The van der Waals surface area contributed by atoms with Crippen LogP contribution in [0.15, 0.2) is 41.8 Å². The largest absolute Gasteiger partial charge is 0.493 e. The summed E-state index contributed by atoms with van der Waals surface area (Å²) >= 11 is 7.66. The smallest absolute Gasteiger partial charge is 0.275 e. The summed E-state index contributed by atoms with van der Waals surface area (Å²) in [6, 6.07) is 11.2. The van der Waals surface area contributed by atoms with E-state index in [9.17, 15) is 4.79 Å². The molecule has 1 fully saturated rings. The number of amides is 1. The summed E-state index contributed by atoms with van der Waals surface area (Å²) in [5, 5.41) is 6.07. The van der Waals surface area contributed by atoms with Gasteiger partial charge < -0.3 is 24.6 Å². The van der Waals surface area contributed by atoms with Crippen LogP contribution < -0.4 is 19.7 Å². The highest BCUT2D eigenvalue weighted by Crippen LogP contribution is 2.34. The lowest BCUT2D eigenvalue weighted by Gasteiger charge is -2.36. The molecule has 7 nitrogen and oxygen atoms in total. The zero-order chi connectivity index (χ0) is 23.4. The van der Waals surface area contributed by atoms with Gasteiger partial charge in [-0.2, -0.15) is 0 Å². The predicted molar refractivity (Wildman–Crippen MR) is 134 cm³/mol. The van der Waals surface area contributed by atoms with E-state index in [0.717, 1.165) is 49.0 Å². The van der Waals surface area contributed by atoms with Crippen molar-refractivity contribution < 1.29 is 14.3 Å². The summed E-state index contributed by atoms with van der Waals surface area (Å²) in [6.45, 7) is 7.01. The molecule has 0 bridgehead atoms. The number of hydrogen-bond acceptors (Lipinski definition) is 7. The molecule has 1 aromatic heterocycles. The van der Waals surface area contributed by atoms with E-state index in [2.05, 4.69) is 27.0 Å². The molecule has 0 aliphatic carbocycles. The van der Waals surface area contributed by atoms with Gasteiger partial charge in [0.1, 0.15) is 10.7 Å². The van der Waals surface area contributed by atoms with Crippen LogP contribution in [0.3, 0.4) is 0 Å². The van der Waals surface area contributed by atoms with Gasteiger partial charge in [-0.25, -0.2) is 4.98 Å². The fraction of sp³-hybridized carbons (Fsp3) is 0.333. The minimum Gasteiger partial charge on any atom is -0.493 e. The maximum Gasteiger partial charge on any atom is 0.275 e. The topological polar surface area (TPSA) is 66.9 Å². The molecule has 0 radical (unpaired) electrons. The Labute approximate surface area is 202 Å². The average molecular weight is 487 g/mol. The second-order valence-electron chi connectivity index (χ2n) is 7.64. The van der Waals surface area contributed by atoms with Crippen LogP contribution in [0.2, 0.25) is 5.02 Å². The summed E-state index contributed by atoms with van der Waals surface area (Å²) in [7, 11) is 3.18. The van der Waals surface area contributed by atoms with E-state index < -0.39 is 0 Å². The number of halogens is 1. The zero-order valence-electron chi connectivity index (χ0n) is 18.9. The molecule has 3 aromatic rings. The number of hydrogen-bond donors (Lipinski definition) is 1. The highest BCUT2D eigenvalue weighted by Gasteiger charge is 2.21. The van der Waals surface area contributed by atoms with E-state index in [4.69, 9.17) is 21.1 Å². The maximum absolute atomic E-state index is 13.0. The molecule has 1 saturated heterocycles. The number of benzene rings is 2. The van der Waals surface area contributed by atoms with E-state index in [-0.39, 0.29) is 5.91 Å². The molecule has 0 spiro atoms. The summed E-state index contributed by atoms with van der Waals surface area (Å²) in [4.78, 5) is 22.3. The number of piperazine rings is 1. The van der Waals surface area contributed by atoms with Crippen molar-refractivity contribution in [3.05, 3.63) is 52.5 Å². The monoisotopic (exact) mass is 486 g/mol.